The number of carbonyl (C=O) groups is 3. The summed E-state index contributed by atoms with van der Waals surface area (Å²) in [5, 5.41) is 7.24. The molecule has 244 valence electrons. The zero-order valence-corrected chi connectivity index (χ0v) is 26.6. The van der Waals surface area contributed by atoms with Crippen molar-refractivity contribution < 1.29 is 28.0 Å². The van der Waals surface area contributed by atoms with Crippen LogP contribution in [0.25, 0.3) is 0 Å². The Kier molecular flexibility index (Phi) is 10.4. The number of nitrogens with one attached hydrogen (secondary N) is 2. The highest BCUT2D eigenvalue weighted by atomic mass is 19.2. The highest BCUT2D eigenvalue weighted by molar-refractivity contribution is 5.89. The minimum absolute atomic E-state index is 0.0645. The van der Waals surface area contributed by atoms with E-state index in [1.54, 1.807) is 0 Å². The Bertz CT molecular complexity index is 1340. The molecule has 0 radical (unpaired) electrons. The normalized spacial score (nSPS) is 19.8. The van der Waals surface area contributed by atoms with Gasteiger partial charge in [0.15, 0.2) is 11.6 Å². The molecule has 2 N–H and O–H groups in total. The average Bonchev–Trinajstić information content (AvgIpc) is 3.72. The van der Waals surface area contributed by atoms with Gasteiger partial charge in [0.05, 0.1) is 18.5 Å². The first kappa shape index (κ1) is 32.9. The maximum Gasteiger partial charge on any atom is 0.243 e. The molecule has 8 nitrogen and oxygen atoms in total. The fourth-order valence-electron chi connectivity index (χ4n) is 6.72. The number of hydroxylamine groups is 2. The second-order valence-electron chi connectivity index (χ2n) is 14.0. The molecule has 1 heterocycles. The van der Waals surface area contributed by atoms with Gasteiger partial charge in [0, 0.05) is 29.9 Å². The van der Waals surface area contributed by atoms with Crippen LogP contribution in [-0.2, 0) is 25.8 Å². The third-order valence-corrected chi connectivity index (χ3v) is 9.35. The lowest BCUT2D eigenvalue weighted by atomic mass is 9.84. The van der Waals surface area contributed by atoms with Crippen molar-refractivity contribution >= 4 is 23.9 Å². The van der Waals surface area contributed by atoms with E-state index in [1.165, 1.54) is 17.2 Å². The van der Waals surface area contributed by atoms with Gasteiger partial charge in [-0.3, -0.25) is 19.2 Å². The Hall–Kier alpha value is -3.53. The fraction of sp³-hybridized carbons (Fsp3) is 0.571. The number of amides is 3. The highest BCUT2D eigenvalue weighted by Crippen LogP contribution is 2.41. The van der Waals surface area contributed by atoms with Crippen LogP contribution in [0.5, 0.6) is 0 Å². The van der Waals surface area contributed by atoms with E-state index in [0.29, 0.717) is 49.0 Å². The van der Waals surface area contributed by atoms with Gasteiger partial charge in [-0.1, -0.05) is 76.8 Å². The molecule has 0 saturated heterocycles. The second-order valence-corrected chi connectivity index (χ2v) is 14.0. The number of hydrogen-bond acceptors (Lipinski definition) is 5. The summed E-state index contributed by atoms with van der Waals surface area (Å²) >= 11 is 0. The van der Waals surface area contributed by atoms with Crippen molar-refractivity contribution in [3.63, 3.8) is 0 Å². The van der Waals surface area contributed by atoms with Gasteiger partial charge >= 0.3 is 0 Å². The van der Waals surface area contributed by atoms with Gasteiger partial charge < -0.3 is 15.5 Å². The monoisotopic (exact) mass is 624 g/mol. The summed E-state index contributed by atoms with van der Waals surface area (Å²) in [6.45, 7) is 6.51. The van der Waals surface area contributed by atoms with Crippen molar-refractivity contribution in [3.05, 3.63) is 65.2 Å². The molecular formula is C35H46F2N4O4. The predicted molar refractivity (Wildman–Crippen MR) is 168 cm³/mol. The number of fused-ring (bicyclic) bond motifs is 1. The third-order valence-electron chi connectivity index (χ3n) is 9.35. The van der Waals surface area contributed by atoms with E-state index in [2.05, 4.69) is 15.5 Å². The maximum absolute atomic E-state index is 14.4. The molecule has 1 unspecified atom stereocenters. The zero-order valence-electron chi connectivity index (χ0n) is 26.6. The summed E-state index contributed by atoms with van der Waals surface area (Å²) in [6, 6.07) is 10.8. The van der Waals surface area contributed by atoms with Crippen LogP contribution < -0.4 is 15.5 Å². The van der Waals surface area contributed by atoms with Gasteiger partial charge in [0.25, 0.3) is 0 Å². The standard InChI is InChI=1S/C35H46F2N4O4/c1-35(2,3)32(34(44)38-30-15-16-41(26-13-14-26)31-19-29(37)28(36)18-27(30)31)39-33(43)25(17-23-9-7-8-10-23)20-40(22-42)45-21-24-11-5-4-6-12-24/h4-6,11-12,18-19,22-23,25-26,30,32H,7-10,13-17,20-21H2,1-3H3,(H,38,44)(H,39,43)/t25-,30?,32-/m1/s1. The minimum atomic E-state index is -0.949. The van der Waals surface area contributed by atoms with Crippen molar-refractivity contribution in [3.8, 4) is 0 Å². The van der Waals surface area contributed by atoms with Crippen molar-refractivity contribution in [1.29, 1.82) is 0 Å². The van der Waals surface area contributed by atoms with Crippen LogP contribution in [0.2, 0.25) is 0 Å². The molecule has 0 aromatic heterocycles. The Morgan fingerprint density at radius 1 is 1.02 bits per heavy atom. The molecule has 2 fully saturated rings. The van der Waals surface area contributed by atoms with Crippen LogP contribution in [0.4, 0.5) is 14.5 Å². The summed E-state index contributed by atoms with van der Waals surface area (Å²) in [7, 11) is 0. The Morgan fingerprint density at radius 2 is 1.71 bits per heavy atom. The van der Waals surface area contributed by atoms with E-state index < -0.39 is 35.1 Å². The molecule has 2 aromatic rings. The van der Waals surface area contributed by atoms with Gasteiger partial charge in [-0.2, -0.15) is 0 Å². The van der Waals surface area contributed by atoms with Crippen LogP contribution in [0.15, 0.2) is 42.5 Å². The van der Waals surface area contributed by atoms with Crippen molar-refractivity contribution in [2.75, 3.05) is 18.0 Å². The van der Waals surface area contributed by atoms with E-state index in [0.717, 1.165) is 44.1 Å². The van der Waals surface area contributed by atoms with Crippen LogP contribution in [0.1, 0.15) is 89.3 Å². The van der Waals surface area contributed by atoms with E-state index in [-0.39, 0.29) is 25.0 Å². The van der Waals surface area contributed by atoms with Crippen molar-refractivity contribution in [1.82, 2.24) is 15.7 Å². The molecule has 2 saturated carbocycles. The SMILES string of the molecule is CC(C)(C)[C@H](NC(=O)[C@H](CC1CCCC1)CN(C=O)OCc1ccccc1)C(=O)NC1CCN(C2CC2)c2cc(F)c(F)cc21. The number of hydrogen-bond donors (Lipinski definition) is 2. The zero-order chi connectivity index (χ0) is 32.1. The molecule has 2 aliphatic carbocycles. The topological polar surface area (TPSA) is 91.0 Å². The molecule has 10 heteroatoms. The lowest BCUT2D eigenvalue weighted by molar-refractivity contribution is -0.182. The summed E-state index contributed by atoms with van der Waals surface area (Å²) in [5.41, 5.74) is 1.41. The number of carbonyl (C=O) groups excluding carboxylic acids is 3. The fourth-order valence-corrected chi connectivity index (χ4v) is 6.72. The molecule has 1 aliphatic heterocycles. The van der Waals surface area contributed by atoms with Gasteiger partial charge in [-0.25, -0.2) is 13.8 Å². The largest absolute Gasteiger partial charge is 0.368 e. The quantitative estimate of drug-likeness (QED) is 0.217. The summed E-state index contributed by atoms with van der Waals surface area (Å²) in [4.78, 5) is 47.7. The lowest BCUT2D eigenvalue weighted by Crippen LogP contribution is -2.56. The number of halogens is 2. The maximum atomic E-state index is 14.4. The molecule has 2 aromatic carbocycles. The molecule has 3 amide bonds. The van der Waals surface area contributed by atoms with Crippen LogP contribution in [0, 0.1) is 28.9 Å². The molecule has 45 heavy (non-hydrogen) atoms. The first-order chi connectivity index (χ1) is 21.5. The molecule has 0 bridgehead atoms. The number of nitrogens with zero attached hydrogens (tertiary/aromatic N) is 2. The first-order valence-electron chi connectivity index (χ1n) is 16.3. The highest BCUT2D eigenvalue weighted by Gasteiger charge is 2.40. The van der Waals surface area contributed by atoms with E-state index >= 15 is 0 Å². The number of anilines is 1. The van der Waals surface area contributed by atoms with E-state index in [1.807, 2.05) is 51.1 Å². The molecular weight excluding hydrogens is 578 g/mol. The van der Waals surface area contributed by atoms with Crippen molar-refractivity contribution in [2.24, 2.45) is 17.3 Å². The Morgan fingerprint density at radius 3 is 2.36 bits per heavy atom. The van der Waals surface area contributed by atoms with Crippen LogP contribution >= 0.6 is 0 Å². The molecule has 5 rings (SSSR count). The van der Waals surface area contributed by atoms with Crippen LogP contribution in [-0.4, -0.2) is 48.5 Å². The van der Waals surface area contributed by atoms with E-state index in [4.69, 9.17) is 4.84 Å². The lowest BCUT2D eigenvalue weighted by Gasteiger charge is -2.38. The van der Waals surface area contributed by atoms with Gasteiger partial charge in [-0.15, -0.1) is 0 Å². The van der Waals surface area contributed by atoms with E-state index in [9.17, 15) is 23.2 Å². The van der Waals surface area contributed by atoms with Crippen molar-refractivity contribution in [2.45, 2.75) is 96.9 Å². The third kappa shape index (κ3) is 8.39. The van der Waals surface area contributed by atoms with Gasteiger partial charge in [-0.05, 0) is 48.6 Å². The summed E-state index contributed by atoms with van der Waals surface area (Å²) in [5.74, 6) is -2.78. The number of benzene rings is 2. The molecule has 3 aliphatic rings. The molecule has 3 atom stereocenters. The van der Waals surface area contributed by atoms with Gasteiger partial charge in [0.2, 0.25) is 18.2 Å². The number of rotatable bonds is 13. The summed E-state index contributed by atoms with van der Waals surface area (Å²) in [6.07, 6.45) is 8.01. The van der Waals surface area contributed by atoms with Gasteiger partial charge in [0.1, 0.15) is 12.6 Å². The summed E-state index contributed by atoms with van der Waals surface area (Å²) < 4.78 is 28.7. The molecule has 0 spiro atoms. The predicted octanol–water partition coefficient (Wildman–Crippen LogP) is 5.81. The average molecular weight is 625 g/mol. The smallest absolute Gasteiger partial charge is 0.243 e. The minimum Gasteiger partial charge on any atom is -0.368 e. The Balaban J connectivity index is 1.30. The second kappa shape index (κ2) is 14.3. The van der Waals surface area contributed by atoms with Crippen LogP contribution in [0.3, 0.4) is 0 Å². The first-order valence-corrected chi connectivity index (χ1v) is 16.3. The Labute approximate surface area is 264 Å².